The lowest BCUT2D eigenvalue weighted by molar-refractivity contribution is 0.0194. The first kappa shape index (κ1) is 17.9. The second kappa shape index (κ2) is 6.80. The standard InChI is InChI=1S/C17H19N5O3S/c1-17(2,3)25-16(24)21-4-5-22-12(9-21)7-14(20-22)19-15(23)13-6-11(8-18)10-26-13/h6-7,10H,4-5,9H2,1-3H3,(H,19,20,23). The zero-order valence-electron chi connectivity index (χ0n) is 14.8. The fourth-order valence-electron chi connectivity index (χ4n) is 2.50. The maximum atomic E-state index is 12.2. The number of aromatic nitrogens is 2. The first-order valence-electron chi connectivity index (χ1n) is 8.10. The fourth-order valence-corrected chi connectivity index (χ4v) is 3.23. The summed E-state index contributed by atoms with van der Waals surface area (Å²) in [6.45, 7) is 6.88. The highest BCUT2D eigenvalue weighted by molar-refractivity contribution is 7.12. The Morgan fingerprint density at radius 2 is 2.12 bits per heavy atom. The van der Waals surface area contributed by atoms with Gasteiger partial charge in [0.05, 0.1) is 29.2 Å². The summed E-state index contributed by atoms with van der Waals surface area (Å²) in [7, 11) is 0. The largest absolute Gasteiger partial charge is 0.444 e. The predicted octanol–water partition coefficient (Wildman–Crippen LogP) is 2.82. The molecule has 0 atom stereocenters. The monoisotopic (exact) mass is 373 g/mol. The van der Waals surface area contributed by atoms with Crippen molar-refractivity contribution in [3.05, 3.63) is 33.6 Å². The molecule has 3 rings (SSSR count). The zero-order chi connectivity index (χ0) is 18.9. The average Bonchev–Trinajstić information content (AvgIpc) is 3.18. The lowest BCUT2D eigenvalue weighted by Gasteiger charge is -2.30. The highest BCUT2D eigenvalue weighted by Gasteiger charge is 2.27. The topological polar surface area (TPSA) is 100 Å². The quantitative estimate of drug-likeness (QED) is 0.872. The lowest BCUT2D eigenvalue weighted by Crippen LogP contribution is -2.41. The van der Waals surface area contributed by atoms with E-state index in [-0.39, 0.29) is 12.0 Å². The number of hydrogen-bond donors (Lipinski definition) is 1. The number of thiophene rings is 1. The minimum absolute atomic E-state index is 0.309. The van der Waals surface area contributed by atoms with Crippen LogP contribution in [0.2, 0.25) is 0 Å². The van der Waals surface area contributed by atoms with E-state index < -0.39 is 5.60 Å². The number of nitrogens with one attached hydrogen (secondary N) is 1. The number of ether oxygens (including phenoxy) is 1. The Morgan fingerprint density at radius 3 is 2.77 bits per heavy atom. The molecule has 2 aromatic rings. The molecule has 0 fully saturated rings. The summed E-state index contributed by atoms with van der Waals surface area (Å²) in [6, 6.07) is 5.28. The normalized spacial score (nSPS) is 13.7. The minimum atomic E-state index is -0.545. The van der Waals surface area contributed by atoms with Crippen molar-refractivity contribution in [2.45, 2.75) is 39.5 Å². The van der Waals surface area contributed by atoms with Crippen LogP contribution in [0.5, 0.6) is 0 Å². The molecule has 0 radical (unpaired) electrons. The fraction of sp³-hybridized carbons (Fsp3) is 0.412. The Morgan fingerprint density at radius 1 is 1.35 bits per heavy atom. The van der Waals surface area contributed by atoms with E-state index in [1.807, 2.05) is 26.8 Å². The molecule has 0 bridgehead atoms. The molecule has 0 aromatic carbocycles. The summed E-state index contributed by atoms with van der Waals surface area (Å²) in [5, 5.41) is 17.6. The summed E-state index contributed by atoms with van der Waals surface area (Å²) in [6.07, 6.45) is -0.363. The van der Waals surface area contributed by atoms with E-state index in [9.17, 15) is 9.59 Å². The van der Waals surface area contributed by atoms with Crippen molar-refractivity contribution in [2.24, 2.45) is 0 Å². The lowest BCUT2D eigenvalue weighted by atomic mass is 10.2. The molecule has 26 heavy (non-hydrogen) atoms. The second-order valence-corrected chi connectivity index (χ2v) is 7.82. The molecular weight excluding hydrogens is 354 g/mol. The molecule has 2 aromatic heterocycles. The molecule has 0 unspecified atom stereocenters. The van der Waals surface area contributed by atoms with Crippen LogP contribution in [0.1, 0.15) is 41.7 Å². The van der Waals surface area contributed by atoms with Crippen molar-refractivity contribution in [1.82, 2.24) is 14.7 Å². The van der Waals surface area contributed by atoms with Gasteiger partial charge in [-0.2, -0.15) is 10.4 Å². The van der Waals surface area contributed by atoms with E-state index in [4.69, 9.17) is 10.00 Å². The molecule has 0 saturated heterocycles. The molecular formula is C17H19N5O3S. The van der Waals surface area contributed by atoms with Gasteiger partial charge in [-0.3, -0.25) is 9.48 Å². The molecule has 8 nitrogen and oxygen atoms in total. The van der Waals surface area contributed by atoms with Gasteiger partial charge < -0.3 is 15.0 Å². The van der Waals surface area contributed by atoms with Crippen LogP contribution >= 0.6 is 11.3 Å². The van der Waals surface area contributed by atoms with Gasteiger partial charge >= 0.3 is 6.09 Å². The van der Waals surface area contributed by atoms with Crippen LogP contribution < -0.4 is 5.32 Å². The van der Waals surface area contributed by atoms with Crippen LogP contribution in [-0.2, 0) is 17.8 Å². The number of carbonyl (C=O) groups excluding carboxylic acids is 2. The van der Waals surface area contributed by atoms with E-state index in [0.29, 0.717) is 35.9 Å². The first-order chi connectivity index (χ1) is 12.2. The van der Waals surface area contributed by atoms with Crippen LogP contribution in [-0.4, -0.2) is 38.8 Å². The molecule has 2 amide bonds. The summed E-state index contributed by atoms with van der Waals surface area (Å²) in [5.41, 5.74) is 0.732. The van der Waals surface area contributed by atoms with Gasteiger partial charge in [0.15, 0.2) is 5.82 Å². The molecule has 1 aliphatic rings. The summed E-state index contributed by atoms with van der Waals surface area (Å²) >= 11 is 1.21. The second-order valence-electron chi connectivity index (χ2n) is 6.91. The number of amides is 2. The molecule has 1 N–H and O–H groups in total. The third-order valence-electron chi connectivity index (χ3n) is 3.64. The van der Waals surface area contributed by atoms with Gasteiger partial charge in [0, 0.05) is 18.0 Å². The van der Waals surface area contributed by atoms with Crippen molar-refractivity contribution >= 4 is 29.2 Å². The number of hydrogen-bond acceptors (Lipinski definition) is 6. The van der Waals surface area contributed by atoms with Crippen LogP contribution in [0, 0.1) is 11.3 Å². The van der Waals surface area contributed by atoms with Crippen molar-refractivity contribution in [3.63, 3.8) is 0 Å². The van der Waals surface area contributed by atoms with Crippen LogP contribution in [0.4, 0.5) is 10.6 Å². The number of anilines is 1. The molecule has 0 spiro atoms. The highest BCUT2D eigenvalue weighted by atomic mass is 32.1. The van der Waals surface area contributed by atoms with Crippen molar-refractivity contribution in [2.75, 3.05) is 11.9 Å². The van der Waals surface area contributed by atoms with E-state index in [1.165, 1.54) is 11.3 Å². The van der Waals surface area contributed by atoms with Gasteiger partial charge in [0.1, 0.15) is 11.7 Å². The molecule has 0 saturated carbocycles. The van der Waals surface area contributed by atoms with E-state index in [2.05, 4.69) is 10.4 Å². The SMILES string of the molecule is CC(C)(C)OC(=O)N1CCn2nc(NC(=O)c3cc(C#N)cs3)cc2C1. The Labute approximate surface area is 155 Å². The molecule has 136 valence electrons. The summed E-state index contributed by atoms with van der Waals surface area (Å²) in [4.78, 5) is 26.5. The average molecular weight is 373 g/mol. The van der Waals surface area contributed by atoms with Gasteiger partial charge in [0.25, 0.3) is 5.91 Å². The van der Waals surface area contributed by atoms with E-state index in [1.54, 1.807) is 27.1 Å². The Hall–Kier alpha value is -2.86. The molecule has 0 aliphatic carbocycles. The van der Waals surface area contributed by atoms with E-state index in [0.717, 1.165) is 5.69 Å². The maximum Gasteiger partial charge on any atom is 0.410 e. The van der Waals surface area contributed by atoms with Crippen molar-refractivity contribution in [1.29, 1.82) is 5.26 Å². The third-order valence-corrected chi connectivity index (χ3v) is 4.57. The van der Waals surface area contributed by atoms with Gasteiger partial charge in [0.2, 0.25) is 0 Å². The van der Waals surface area contributed by atoms with Gasteiger partial charge in [-0.15, -0.1) is 11.3 Å². The number of carbonyl (C=O) groups is 2. The van der Waals surface area contributed by atoms with Gasteiger partial charge in [-0.25, -0.2) is 4.79 Å². The number of rotatable bonds is 2. The minimum Gasteiger partial charge on any atom is -0.444 e. The maximum absolute atomic E-state index is 12.2. The van der Waals surface area contributed by atoms with Gasteiger partial charge in [-0.1, -0.05) is 0 Å². The highest BCUT2D eigenvalue weighted by Crippen LogP contribution is 2.20. The summed E-state index contributed by atoms with van der Waals surface area (Å²) in [5.74, 6) is 0.110. The summed E-state index contributed by atoms with van der Waals surface area (Å²) < 4.78 is 7.17. The van der Waals surface area contributed by atoms with E-state index >= 15 is 0 Å². The third kappa shape index (κ3) is 4.03. The van der Waals surface area contributed by atoms with Crippen molar-refractivity contribution in [3.8, 4) is 6.07 Å². The van der Waals surface area contributed by atoms with Gasteiger partial charge in [-0.05, 0) is 26.8 Å². The Kier molecular flexibility index (Phi) is 4.70. The Balaban J connectivity index is 1.67. The predicted molar refractivity (Wildman–Crippen MR) is 95.9 cm³/mol. The first-order valence-corrected chi connectivity index (χ1v) is 8.98. The van der Waals surface area contributed by atoms with Crippen LogP contribution in [0.15, 0.2) is 17.5 Å². The molecule has 3 heterocycles. The smallest absolute Gasteiger partial charge is 0.410 e. The Bertz CT molecular complexity index is 887. The van der Waals surface area contributed by atoms with Crippen molar-refractivity contribution < 1.29 is 14.3 Å². The number of nitriles is 1. The molecule has 9 heteroatoms. The zero-order valence-corrected chi connectivity index (χ0v) is 15.6. The van der Waals surface area contributed by atoms with Crippen LogP contribution in [0.25, 0.3) is 0 Å². The molecule has 1 aliphatic heterocycles. The number of nitrogens with zero attached hydrogens (tertiary/aromatic N) is 4. The number of fused-ring (bicyclic) bond motifs is 1. The van der Waals surface area contributed by atoms with Crippen LogP contribution in [0.3, 0.4) is 0 Å².